The number of fused-ring (bicyclic) bond motifs is 1. The maximum atomic E-state index is 13.4. The molecular weight excluding hydrogens is 334 g/mol. The number of benzene rings is 2. The monoisotopic (exact) mass is 361 g/mol. The largest absolute Gasteiger partial charge is 0.274 e. The molecule has 2 aromatic rings. The minimum atomic E-state index is -0.175. The highest BCUT2D eigenvalue weighted by Gasteiger charge is 2.51. The third-order valence-electron chi connectivity index (χ3n) is 6.38. The third kappa shape index (κ3) is 2.99. The van der Waals surface area contributed by atoms with Gasteiger partial charge in [-0.3, -0.25) is 9.59 Å². The van der Waals surface area contributed by atoms with E-state index in [0.717, 1.165) is 48.9 Å². The molecule has 2 aliphatic rings. The molecule has 3 heteroatoms. The molecule has 1 saturated carbocycles. The number of hydrogen-bond acceptors (Lipinski definition) is 2. The number of para-hydroxylation sites is 1. The smallest absolute Gasteiger partial charge is 0.237 e. The van der Waals surface area contributed by atoms with Crippen molar-refractivity contribution in [1.29, 1.82) is 0 Å². The highest BCUT2D eigenvalue weighted by Crippen LogP contribution is 2.46. The Hall–Kier alpha value is -2.42. The Bertz CT molecular complexity index is 836. The van der Waals surface area contributed by atoms with Crippen LogP contribution in [0.1, 0.15) is 55.7 Å². The first-order valence-electron chi connectivity index (χ1n) is 10.2. The molecule has 0 spiro atoms. The van der Waals surface area contributed by atoms with E-state index in [1.807, 2.05) is 24.3 Å². The molecule has 3 unspecified atom stereocenters. The zero-order chi connectivity index (χ0) is 19.0. The summed E-state index contributed by atoms with van der Waals surface area (Å²) in [6, 6.07) is 16.5. The second-order valence-electron chi connectivity index (χ2n) is 7.78. The number of imide groups is 1. The normalized spacial score (nSPS) is 25.0. The fourth-order valence-electron chi connectivity index (χ4n) is 4.93. The molecule has 2 fully saturated rings. The summed E-state index contributed by atoms with van der Waals surface area (Å²) in [5, 5.41) is 0. The first-order valence-corrected chi connectivity index (χ1v) is 10.2. The van der Waals surface area contributed by atoms with Crippen molar-refractivity contribution >= 4 is 17.5 Å². The summed E-state index contributed by atoms with van der Waals surface area (Å²) in [4.78, 5) is 28.1. The van der Waals surface area contributed by atoms with Gasteiger partial charge in [-0.15, -0.1) is 0 Å². The number of anilines is 1. The quantitative estimate of drug-likeness (QED) is 0.728. The number of aryl methyl sites for hydroxylation is 2. The predicted molar refractivity (Wildman–Crippen MR) is 108 cm³/mol. The van der Waals surface area contributed by atoms with Gasteiger partial charge in [0.2, 0.25) is 11.8 Å². The molecule has 27 heavy (non-hydrogen) atoms. The van der Waals surface area contributed by atoms with Crippen LogP contribution in [0.2, 0.25) is 0 Å². The first-order chi connectivity index (χ1) is 13.2. The number of carbonyl (C=O) groups is 2. The van der Waals surface area contributed by atoms with Gasteiger partial charge < -0.3 is 0 Å². The van der Waals surface area contributed by atoms with Gasteiger partial charge in [0.25, 0.3) is 0 Å². The number of rotatable bonds is 4. The average molecular weight is 361 g/mol. The molecule has 4 rings (SSSR count). The third-order valence-corrected chi connectivity index (χ3v) is 6.38. The maximum absolute atomic E-state index is 13.4. The van der Waals surface area contributed by atoms with Crippen molar-refractivity contribution < 1.29 is 9.59 Å². The lowest BCUT2D eigenvalue weighted by molar-refractivity contribution is -0.122. The van der Waals surface area contributed by atoms with Crippen LogP contribution >= 0.6 is 0 Å². The Kier molecular flexibility index (Phi) is 4.86. The van der Waals surface area contributed by atoms with Gasteiger partial charge in [-0.2, -0.15) is 0 Å². The van der Waals surface area contributed by atoms with E-state index in [0.29, 0.717) is 5.92 Å². The Morgan fingerprint density at radius 3 is 2.07 bits per heavy atom. The summed E-state index contributed by atoms with van der Waals surface area (Å²) in [6.07, 6.45) is 4.21. The SMILES string of the molecule is CCc1cccc(CC)c1N1C(=O)C2CCC(c3ccccc3)CC2C1=O. The fraction of sp³-hybridized carbons (Fsp3) is 0.417. The second kappa shape index (κ2) is 7.30. The van der Waals surface area contributed by atoms with E-state index in [-0.39, 0.29) is 23.7 Å². The Labute approximate surface area is 161 Å². The topological polar surface area (TPSA) is 37.4 Å². The molecular formula is C24H27NO2. The zero-order valence-corrected chi connectivity index (χ0v) is 16.2. The van der Waals surface area contributed by atoms with Gasteiger partial charge >= 0.3 is 0 Å². The molecule has 1 heterocycles. The fourth-order valence-corrected chi connectivity index (χ4v) is 4.93. The molecule has 0 N–H and O–H groups in total. The number of hydrogen-bond donors (Lipinski definition) is 0. The van der Waals surface area contributed by atoms with Crippen LogP contribution in [0.4, 0.5) is 5.69 Å². The molecule has 0 aromatic heterocycles. The molecule has 3 nitrogen and oxygen atoms in total. The Morgan fingerprint density at radius 2 is 1.44 bits per heavy atom. The minimum Gasteiger partial charge on any atom is -0.274 e. The van der Waals surface area contributed by atoms with Crippen molar-refractivity contribution in [3.63, 3.8) is 0 Å². The van der Waals surface area contributed by atoms with Gasteiger partial charge in [-0.1, -0.05) is 62.4 Å². The standard InChI is InChI=1S/C24H27NO2/c1-3-16-11-8-12-17(4-2)22(16)25-23(26)20-14-13-19(15-21(20)24(25)27)18-9-6-5-7-10-18/h5-12,19-21H,3-4,13-15H2,1-2H3. The van der Waals surface area contributed by atoms with E-state index in [1.54, 1.807) is 4.90 Å². The molecule has 1 aliphatic carbocycles. The molecule has 0 radical (unpaired) electrons. The van der Waals surface area contributed by atoms with Crippen LogP contribution in [-0.4, -0.2) is 11.8 Å². The highest BCUT2D eigenvalue weighted by atomic mass is 16.2. The summed E-state index contributed by atoms with van der Waals surface area (Å²) < 4.78 is 0. The summed E-state index contributed by atoms with van der Waals surface area (Å²) in [6.45, 7) is 4.17. The zero-order valence-electron chi connectivity index (χ0n) is 16.2. The first kappa shape index (κ1) is 18.0. The van der Waals surface area contributed by atoms with Crippen LogP contribution in [0.3, 0.4) is 0 Å². The van der Waals surface area contributed by atoms with Crippen LogP contribution < -0.4 is 4.90 Å². The lowest BCUT2D eigenvalue weighted by Gasteiger charge is -2.28. The summed E-state index contributed by atoms with van der Waals surface area (Å²) in [7, 11) is 0. The van der Waals surface area contributed by atoms with Crippen LogP contribution in [0.15, 0.2) is 48.5 Å². The lowest BCUT2D eigenvalue weighted by Crippen LogP contribution is -2.32. The maximum Gasteiger partial charge on any atom is 0.237 e. The van der Waals surface area contributed by atoms with Crippen molar-refractivity contribution in [3.05, 3.63) is 65.2 Å². The van der Waals surface area contributed by atoms with Gasteiger partial charge in [0, 0.05) is 0 Å². The number of amides is 2. The van der Waals surface area contributed by atoms with Crippen molar-refractivity contribution in [1.82, 2.24) is 0 Å². The van der Waals surface area contributed by atoms with Crippen molar-refractivity contribution in [2.24, 2.45) is 11.8 Å². The highest BCUT2D eigenvalue weighted by molar-refractivity contribution is 6.22. The van der Waals surface area contributed by atoms with Crippen LogP contribution in [0.5, 0.6) is 0 Å². The molecule has 3 atom stereocenters. The van der Waals surface area contributed by atoms with Crippen LogP contribution in [0.25, 0.3) is 0 Å². The van der Waals surface area contributed by atoms with Crippen LogP contribution in [0, 0.1) is 11.8 Å². The number of carbonyl (C=O) groups excluding carboxylic acids is 2. The second-order valence-corrected chi connectivity index (χ2v) is 7.78. The van der Waals surface area contributed by atoms with Gasteiger partial charge in [-0.25, -0.2) is 4.90 Å². The van der Waals surface area contributed by atoms with E-state index in [1.165, 1.54) is 5.56 Å². The van der Waals surface area contributed by atoms with E-state index < -0.39 is 0 Å². The van der Waals surface area contributed by atoms with Crippen molar-refractivity contribution in [3.8, 4) is 0 Å². The molecule has 140 valence electrons. The van der Waals surface area contributed by atoms with Gasteiger partial charge in [0.15, 0.2) is 0 Å². The van der Waals surface area contributed by atoms with E-state index >= 15 is 0 Å². The summed E-state index contributed by atoms with van der Waals surface area (Å²) >= 11 is 0. The Balaban J connectivity index is 1.68. The molecule has 2 amide bonds. The molecule has 0 bridgehead atoms. The number of nitrogens with zero attached hydrogens (tertiary/aromatic N) is 1. The van der Waals surface area contributed by atoms with E-state index in [4.69, 9.17) is 0 Å². The molecule has 2 aromatic carbocycles. The van der Waals surface area contributed by atoms with E-state index in [9.17, 15) is 9.59 Å². The van der Waals surface area contributed by atoms with Crippen molar-refractivity contribution in [2.75, 3.05) is 4.90 Å². The van der Waals surface area contributed by atoms with Gasteiger partial charge in [-0.05, 0) is 54.7 Å². The summed E-state index contributed by atoms with van der Waals surface area (Å²) in [5.74, 6) is 0.0858. The summed E-state index contributed by atoms with van der Waals surface area (Å²) in [5.41, 5.74) is 4.34. The molecule has 1 aliphatic heterocycles. The predicted octanol–water partition coefficient (Wildman–Crippen LogP) is 4.88. The van der Waals surface area contributed by atoms with E-state index in [2.05, 4.69) is 38.1 Å². The minimum absolute atomic E-state index is 0.0150. The average Bonchev–Trinajstić information content (AvgIpc) is 2.97. The van der Waals surface area contributed by atoms with Crippen LogP contribution in [-0.2, 0) is 22.4 Å². The lowest BCUT2D eigenvalue weighted by atomic mass is 9.73. The molecule has 1 saturated heterocycles. The van der Waals surface area contributed by atoms with Crippen molar-refractivity contribution in [2.45, 2.75) is 51.9 Å². The Morgan fingerprint density at radius 1 is 0.815 bits per heavy atom. The van der Waals surface area contributed by atoms with Gasteiger partial charge in [0.1, 0.15) is 0 Å². The van der Waals surface area contributed by atoms with Gasteiger partial charge in [0.05, 0.1) is 17.5 Å².